The lowest BCUT2D eigenvalue weighted by Gasteiger charge is -2.11. The molecule has 2 aromatic heterocycles. The first-order chi connectivity index (χ1) is 26.1. The van der Waals surface area contributed by atoms with Gasteiger partial charge in [-0.2, -0.15) is 0 Å². The smallest absolute Gasteiger partial charge is 0.0541 e. The number of rotatable bonds is 4. The maximum atomic E-state index is 2.42. The fraction of sp³-hybridized carbons (Fsp3) is 0.0588. The molecule has 10 aromatic rings. The van der Waals surface area contributed by atoms with Gasteiger partial charge in [0.2, 0.25) is 0 Å². The molecule has 0 bridgehead atoms. The van der Waals surface area contributed by atoms with E-state index in [4.69, 9.17) is 0 Å². The van der Waals surface area contributed by atoms with Crippen molar-refractivity contribution in [2.45, 2.75) is 20.3 Å². The molecule has 2 heterocycles. The fourth-order valence-electron chi connectivity index (χ4n) is 8.92. The van der Waals surface area contributed by atoms with Gasteiger partial charge in [0.05, 0.1) is 22.1 Å². The van der Waals surface area contributed by atoms with Gasteiger partial charge in [0.15, 0.2) is 0 Å². The van der Waals surface area contributed by atoms with E-state index in [-0.39, 0.29) is 0 Å². The van der Waals surface area contributed by atoms with E-state index in [0.717, 1.165) is 6.42 Å². The van der Waals surface area contributed by atoms with Gasteiger partial charge in [0, 0.05) is 32.9 Å². The highest BCUT2D eigenvalue weighted by Gasteiger charge is 2.21. The predicted octanol–water partition coefficient (Wildman–Crippen LogP) is 13.4. The van der Waals surface area contributed by atoms with Crippen molar-refractivity contribution in [2.75, 3.05) is 0 Å². The van der Waals surface area contributed by atoms with Crippen molar-refractivity contribution in [3.05, 3.63) is 192 Å². The Morgan fingerprint density at radius 2 is 0.755 bits per heavy atom. The van der Waals surface area contributed by atoms with E-state index in [1.165, 1.54) is 111 Å². The van der Waals surface area contributed by atoms with Crippen molar-refractivity contribution in [2.24, 2.45) is 0 Å². The molecule has 1 aliphatic carbocycles. The standard InChI is InChI=1S/C51H36N2/c1-32-9-7-11-40(25-32)52-48-15-5-3-13-42(48)46-30-36(21-23-50(46)52)34-17-19-38-27-39-20-18-35(29-45(39)44(38)28-34)37-22-24-51-47(31-37)43-14-4-6-16-49(43)53(51)41-12-8-10-33(2)26-41/h3-26,28-31H,27H2,1-2H3. The zero-order chi connectivity index (χ0) is 35.2. The topological polar surface area (TPSA) is 9.86 Å². The molecule has 250 valence electrons. The van der Waals surface area contributed by atoms with Crippen LogP contribution in [0.5, 0.6) is 0 Å². The SMILES string of the molecule is Cc1cccc(-n2c3ccccc3c3cc(-c4ccc5c(c4)-c4cc(-c6ccc7c(c6)c6ccccc6n7-c6cccc(C)c6)ccc4C5)ccc32)c1. The van der Waals surface area contributed by atoms with Crippen LogP contribution in [0.1, 0.15) is 22.3 Å². The van der Waals surface area contributed by atoms with Gasteiger partial charge in [-0.25, -0.2) is 0 Å². The molecule has 2 nitrogen and oxygen atoms in total. The van der Waals surface area contributed by atoms with Crippen molar-refractivity contribution in [3.8, 4) is 44.8 Å². The molecule has 0 saturated carbocycles. The van der Waals surface area contributed by atoms with E-state index in [9.17, 15) is 0 Å². The third-order valence-electron chi connectivity index (χ3n) is 11.4. The van der Waals surface area contributed by atoms with Gasteiger partial charge in [0.1, 0.15) is 0 Å². The Kier molecular flexibility index (Phi) is 6.48. The number of aryl methyl sites for hydroxylation is 2. The molecule has 53 heavy (non-hydrogen) atoms. The molecular weight excluding hydrogens is 641 g/mol. The van der Waals surface area contributed by atoms with Crippen LogP contribution >= 0.6 is 0 Å². The van der Waals surface area contributed by atoms with E-state index in [1.807, 2.05) is 0 Å². The molecule has 0 fully saturated rings. The second-order valence-electron chi connectivity index (χ2n) is 14.8. The van der Waals surface area contributed by atoms with Gasteiger partial charge in [-0.3, -0.25) is 0 Å². The van der Waals surface area contributed by atoms with Crippen molar-refractivity contribution >= 4 is 43.6 Å². The molecule has 0 N–H and O–H groups in total. The number of benzene rings is 8. The van der Waals surface area contributed by atoms with Crippen LogP contribution in [0.15, 0.2) is 170 Å². The normalized spacial score (nSPS) is 12.3. The van der Waals surface area contributed by atoms with Crippen LogP contribution in [0, 0.1) is 13.8 Å². The molecule has 0 atom stereocenters. The summed E-state index contributed by atoms with van der Waals surface area (Å²) in [6.45, 7) is 4.32. The molecule has 0 spiro atoms. The van der Waals surface area contributed by atoms with E-state index < -0.39 is 0 Å². The van der Waals surface area contributed by atoms with Gasteiger partial charge in [0.25, 0.3) is 0 Å². The maximum Gasteiger partial charge on any atom is 0.0541 e. The number of nitrogens with zero attached hydrogens (tertiary/aromatic N) is 2. The molecule has 0 aliphatic heterocycles. The number of hydrogen-bond donors (Lipinski definition) is 0. The van der Waals surface area contributed by atoms with Crippen LogP contribution in [-0.2, 0) is 6.42 Å². The molecular formula is C51H36N2. The maximum absolute atomic E-state index is 2.42. The van der Waals surface area contributed by atoms with Crippen LogP contribution < -0.4 is 0 Å². The summed E-state index contributed by atoms with van der Waals surface area (Å²) in [4.78, 5) is 0. The summed E-state index contributed by atoms with van der Waals surface area (Å²) in [5, 5.41) is 5.12. The van der Waals surface area contributed by atoms with Crippen LogP contribution in [0.4, 0.5) is 0 Å². The average Bonchev–Trinajstić information content (AvgIpc) is 3.84. The second-order valence-corrected chi connectivity index (χ2v) is 14.8. The third-order valence-corrected chi connectivity index (χ3v) is 11.4. The van der Waals surface area contributed by atoms with Crippen molar-refractivity contribution < 1.29 is 0 Å². The molecule has 2 heteroatoms. The molecule has 0 saturated heterocycles. The number of fused-ring (bicyclic) bond motifs is 9. The highest BCUT2D eigenvalue weighted by Crippen LogP contribution is 2.43. The number of hydrogen-bond acceptors (Lipinski definition) is 0. The minimum Gasteiger partial charge on any atom is -0.309 e. The summed E-state index contributed by atoms with van der Waals surface area (Å²) in [7, 11) is 0. The van der Waals surface area contributed by atoms with Gasteiger partial charge in [-0.05, 0) is 149 Å². The largest absolute Gasteiger partial charge is 0.309 e. The fourth-order valence-corrected chi connectivity index (χ4v) is 8.92. The molecule has 1 aliphatic rings. The van der Waals surface area contributed by atoms with Gasteiger partial charge in [-0.15, -0.1) is 0 Å². The van der Waals surface area contributed by atoms with Crippen LogP contribution in [0.25, 0.3) is 88.4 Å². The summed E-state index contributed by atoms with van der Waals surface area (Å²) in [6, 6.07) is 63.3. The van der Waals surface area contributed by atoms with Crippen molar-refractivity contribution in [3.63, 3.8) is 0 Å². The van der Waals surface area contributed by atoms with E-state index in [1.54, 1.807) is 0 Å². The lowest BCUT2D eigenvalue weighted by Crippen LogP contribution is -1.94. The molecule has 8 aromatic carbocycles. The Hall–Kier alpha value is -6.64. The summed E-state index contributed by atoms with van der Waals surface area (Å²) in [5.41, 5.74) is 20.3. The first kappa shape index (κ1) is 30.0. The molecule has 0 amide bonds. The Morgan fingerprint density at radius 1 is 0.340 bits per heavy atom. The Balaban J connectivity index is 1.01. The average molecular weight is 677 g/mol. The Bertz CT molecular complexity index is 2900. The van der Waals surface area contributed by atoms with E-state index >= 15 is 0 Å². The Labute approximate surface area is 308 Å². The van der Waals surface area contributed by atoms with Crippen molar-refractivity contribution in [1.82, 2.24) is 9.13 Å². The molecule has 11 rings (SSSR count). The van der Waals surface area contributed by atoms with Gasteiger partial charge >= 0.3 is 0 Å². The first-order valence-corrected chi connectivity index (χ1v) is 18.5. The van der Waals surface area contributed by atoms with Crippen LogP contribution in [0.3, 0.4) is 0 Å². The second kappa shape index (κ2) is 11.4. The highest BCUT2D eigenvalue weighted by atomic mass is 15.0. The highest BCUT2D eigenvalue weighted by molar-refractivity contribution is 6.11. The minimum absolute atomic E-state index is 0.970. The summed E-state index contributed by atoms with van der Waals surface area (Å²) in [6.07, 6.45) is 0.970. The van der Waals surface area contributed by atoms with Gasteiger partial charge in [-0.1, -0.05) is 97.1 Å². The number of aromatic nitrogens is 2. The first-order valence-electron chi connectivity index (χ1n) is 18.5. The molecule has 0 radical (unpaired) electrons. The van der Waals surface area contributed by atoms with Crippen LogP contribution in [0.2, 0.25) is 0 Å². The van der Waals surface area contributed by atoms with E-state index in [0.29, 0.717) is 0 Å². The minimum atomic E-state index is 0.970. The quantitative estimate of drug-likeness (QED) is 0.176. The van der Waals surface area contributed by atoms with Gasteiger partial charge < -0.3 is 9.13 Å². The zero-order valence-corrected chi connectivity index (χ0v) is 29.8. The summed E-state index contributed by atoms with van der Waals surface area (Å²) in [5.74, 6) is 0. The number of para-hydroxylation sites is 2. The Morgan fingerprint density at radius 3 is 1.23 bits per heavy atom. The summed E-state index contributed by atoms with van der Waals surface area (Å²) < 4.78 is 4.80. The summed E-state index contributed by atoms with van der Waals surface area (Å²) >= 11 is 0. The third kappa shape index (κ3) is 4.65. The lowest BCUT2D eigenvalue weighted by atomic mass is 9.95. The molecule has 0 unspecified atom stereocenters. The van der Waals surface area contributed by atoms with E-state index in [2.05, 4.69) is 193 Å². The zero-order valence-electron chi connectivity index (χ0n) is 29.8. The van der Waals surface area contributed by atoms with Crippen molar-refractivity contribution in [1.29, 1.82) is 0 Å². The predicted molar refractivity (Wildman–Crippen MR) is 224 cm³/mol. The lowest BCUT2D eigenvalue weighted by molar-refractivity contribution is 1.17. The van der Waals surface area contributed by atoms with Crippen LogP contribution in [-0.4, -0.2) is 9.13 Å². The monoisotopic (exact) mass is 676 g/mol.